The van der Waals surface area contributed by atoms with Crippen LogP contribution in [0.5, 0.6) is 5.75 Å². The lowest BCUT2D eigenvalue weighted by Gasteiger charge is -2.14. The number of nitrogens with zero attached hydrogens (tertiary/aromatic N) is 1. The minimum atomic E-state index is -0.105. The first-order valence-electron chi connectivity index (χ1n) is 6.05. The van der Waals surface area contributed by atoms with Gasteiger partial charge in [0.15, 0.2) is 0 Å². The van der Waals surface area contributed by atoms with E-state index in [0.717, 1.165) is 11.3 Å². The number of ether oxygens (including phenoxy) is 1. The highest BCUT2D eigenvalue weighted by Crippen LogP contribution is 2.14. The van der Waals surface area contributed by atoms with Gasteiger partial charge in [0.25, 0.3) is 5.91 Å². The molecule has 0 spiro atoms. The molecule has 2 rings (SSSR count). The predicted molar refractivity (Wildman–Crippen MR) is 73.1 cm³/mol. The SMILES string of the molecule is COc1ccc(C(=O)N[C@H](C)c2ccncc2)cc1. The van der Waals surface area contributed by atoms with Crippen LogP contribution in [0, 0.1) is 0 Å². The molecular weight excluding hydrogens is 240 g/mol. The van der Waals surface area contributed by atoms with E-state index < -0.39 is 0 Å². The number of carbonyl (C=O) groups is 1. The van der Waals surface area contributed by atoms with Crippen molar-refractivity contribution >= 4 is 5.91 Å². The standard InChI is InChI=1S/C15H16N2O2/c1-11(12-7-9-16-10-8-12)17-15(18)13-3-5-14(19-2)6-4-13/h3-11H,1-2H3,(H,17,18)/t11-/m1/s1. The Morgan fingerprint density at radius 1 is 1.16 bits per heavy atom. The van der Waals surface area contributed by atoms with Crippen LogP contribution >= 0.6 is 0 Å². The van der Waals surface area contributed by atoms with Crippen LogP contribution in [0.3, 0.4) is 0 Å². The fourth-order valence-electron chi connectivity index (χ4n) is 1.76. The number of aromatic nitrogens is 1. The molecule has 0 saturated carbocycles. The van der Waals surface area contributed by atoms with E-state index in [1.54, 1.807) is 43.8 Å². The zero-order valence-electron chi connectivity index (χ0n) is 11.0. The van der Waals surface area contributed by atoms with Crippen molar-refractivity contribution < 1.29 is 9.53 Å². The van der Waals surface area contributed by atoms with Gasteiger partial charge in [-0.15, -0.1) is 0 Å². The van der Waals surface area contributed by atoms with Crippen molar-refractivity contribution in [1.82, 2.24) is 10.3 Å². The van der Waals surface area contributed by atoms with E-state index in [1.165, 1.54) is 0 Å². The monoisotopic (exact) mass is 256 g/mol. The first-order chi connectivity index (χ1) is 9.20. The summed E-state index contributed by atoms with van der Waals surface area (Å²) in [7, 11) is 1.60. The van der Waals surface area contributed by atoms with Gasteiger partial charge in [-0.25, -0.2) is 0 Å². The number of carbonyl (C=O) groups excluding carboxylic acids is 1. The molecule has 0 aliphatic rings. The molecule has 0 radical (unpaired) electrons. The molecule has 1 aromatic carbocycles. The molecular formula is C15H16N2O2. The topological polar surface area (TPSA) is 51.2 Å². The molecule has 19 heavy (non-hydrogen) atoms. The number of amides is 1. The third-order valence-electron chi connectivity index (χ3n) is 2.91. The van der Waals surface area contributed by atoms with Crippen LogP contribution in [-0.4, -0.2) is 18.0 Å². The smallest absolute Gasteiger partial charge is 0.251 e. The van der Waals surface area contributed by atoms with E-state index in [0.29, 0.717) is 5.56 Å². The Balaban J connectivity index is 2.04. The van der Waals surface area contributed by atoms with Gasteiger partial charge in [-0.05, 0) is 48.9 Å². The Labute approximate surface area is 112 Å². The molecule has 0 bridgehead atoms. The highest BCUT2D eigenvalue weighted by Gasteiger charge is 2.11. The first kappa shape index (κ1) is 13.1. The van der Waals surface area contributed by atoms with Gasteiger partial charge in [0, 0.05) is 18.0 Å². The summed E-state index contributed by atoms with van der Waals surface area (Å²) in [5, 5.41) is 2.94. The van der Waals surface area contributed by atoms with Crippen LogP contribution in [0.4, 0.5) is 0 Å². The largest absolute Gasteiger partial charge is 0.497 e. The molecule has 98 valence electrons. The summed E-state index contributed by atoms with van der Waals surface area (Å²) < 4.78 is 5.06. The van der Waals surface area contributed by atoms with Crippen LogP contribution in [-0.2, 0) is 0 Å². The molecule has 0 saturated heterocycles. The summed E-state index contributed by atoms with van der Waals surface area (Å²) in [5.74, 6) is 0.630. The lowest BCUT2D eigenvalue weighted by atomic mass is 10.1. The fourth-order valence-corrected chi connectivity index (χ4v) is 1.76. The molecule has 1 heterocycles. The van der Waals surface area contributed by atoms with Crippen LogP contribution in [0.15, 0.2) is 48.8 Å². The number of hydrogen-bond donors (Lipinski definition) is 1. The zero-order chi connectivity index (χ0) is 13.7. The lowest BCUT2D eigenvalue weighted by Crippen LogP contribution is -2.26. The summed E-state index contributed by atoms with van der Waals surface area (Å²) >= 11 is 0. The number of methoxy groups -OCH3 is 1. The van der Waals surface area contributed by atoms with E-state index in [9.17, 15) is 4.79 Å². The summed E-state index contributed by atoms with van der Waals surface area (Å²) in [6.45, 7) is 1.94. The van der Waals surface area contributed by atoms with Gasteiger partial charge in [-0.1, -0.05) is 0 Å². The third kappa shape index (κ3) is 3.31. The normalized spacial score (nSPS) is 11.7. The van der Waals surface area contributed by atoms with Gasteiger partial charge in [-0.2, -0.15) is 0 Å². The van der Waals surface area contributed by atoms with Crippen molar-refractivity contribution in [1.29, 1.82) is 0 Å². The van der Waals surface area contributed by atoms with Crippen LogP contribution in [0.1, 0.15) is 28.9 Å². The van der Waals surface area contributed by atoms with Gasteiger partial charge in [0.1, 0.15) is 5.75 Å². The van der Waals surface area contributed by atoms with Crippen molar-refractivity contribution in [2.45, 2.75) is 13.0 Å². The molecule has 0 aliphatic carbocycles. The molecule has 2 aromatic rings. The summed E-state index contributed by atoms with van der Waals surface area (Å²) in [5.41, 5.74) is 1.64. The molecule has 1 N–H and O–H groups in total. The Kier molecular flexibility index (Phi) is 4.13. The maximum absolute atomic E-state index is 12.1. The van der Waals surface area contributed by atoms with Gasteiger partial charge in [-0.3, -0.25) is 9.78 Å². The third-order valence-corrected chi connectivity index (χ3v) is 2.91. The molecule has 1 amide bonds. The van der Waals surface area contributed by atoms with Crippen molar-refractivity contribution in [3.05, 3.63) is 59.9 Å². The van der Waals surface area contributed by atoms with Gasteiger partial charge < -0.3 is 10.1 Å². The van der Waals surface area contributed by atoms with Gasteiger partial charge in [0.05, 0.1) is 13.2 Å². The quantitative estimate of drug-likeness (QED) is 0.914. The van der Waals surface area contributed by atoms with Crippen molar-refractivity contribution in [2.24, 2.45) is 0 Å². The molecule has 1 aromatic heterocycles. The average molecular weight is 256 g/mol. The zero-order valence-corrected chi connectivity index (χ0v) is 11.0. The minimum absolute atomic E-state index is 0.0578. The van der Waals surface area contributed by atoms with Gasteiger partial charge in [0.2, 0.25) is 0 Å². The molecule has 0 fully saturated rings. The molecule has 0 aliphatic heterocycles. The lowest BCUT2D eigenvalue weighted by molar-refractivity contribution is 0.0940. The number of pyridine rings is 1. The Hall–Kier alpha value is -2.36. The summed E-state index contributed by atoms with van der Waals surface area (Å²) in [6, 6.07) is 10.7. The maximum Gasteiger partial charge on any atom is 0.251 e. The summed E-state index contributed by atoms with van der Waals surface area (Å²) in [4.78, 5) is 16.0. The predicted octanol–water partition coefficient (Wildman–Crippen LogP) is 2.58. The minimum Gasteiger partial charge on any atom is -0.497 e. The highest BCUT2D eigenvalue weighted by molar-refractivity contribution is 5.94. The van der Waals surface area contributed by atoms with Crippen LogP contribution < -0.4 is 10.1 Å². The van der Waals surface area contributed by atoms with E-state index >= 15 is 0 Å². The van der Waals surface area contributed by atoms with Crippen molar-refractivity contribution in [3.8, 4) is 5.75 Å². The Morgan fingerprint density at radius 2 is 1.79 bits per heavy atom. The maximum atomic E-state index is 12.1. The van der Waals surface area contributed by atoms with Crippen molar-refractivity contribution in [3.63, 3.8) is 0 Å². The molecule has 0 unspecified atom stereocenters. The first-order valence-corrected chi connectivity index (χ1v) is 6.05. The van der Waals surface area contributed by atoms with E-state index in [2.05, 4.69) is 10.3 Å². The second kappa shape index (κ2) is 6.00. The molecule has 4 nitrogen and oxygen atoms in total. The van der Waals surface area contributed by atoms with Crippen molar-refractivity contribution in [2.75, 3.05) is 7.11 Å². The second-order valence-electron chi connectivity index (χ2n) is 4.20. The Morgan fingerprint density at radius 3 is 2.37 bits per heavy atom. The number of hydrogen-bond acceptors (Lipinski definition) is 3. The van der Waals surface area contributed by atoms with E-state index in [1.807, 2.05) is 19.1 Å². The number of rotatable bonds is 4. The van der Waals surface area contributed by atoms with Crippen LogP contribution in [0.2, 0.25) is 0 Å². The molecule has 4 heteroatoms. The van der Waals surface area contributed by atoms with E-state index in [4.69, 9.17) is 4.74 Å². The average Bonchev–Trinajstić information content (AvgIpc) is 2.48. The van der Waals surface area contributed by atoms with E-state index in [-0.39, 0.29) is 11.9 Å². The second-order valence-corrected chi connectivity index (χ2v) is 4.20. The van der Waals surface area contributed by atoms with Gasteiger partial charge >= 0.3 is 0 Å². The van der Waals surface area contributed by atoms with Crippen LogP contribution in [0.25, 0.3) is 0 Å². The molecule has 1 atom stereocenters. The number of nitrogens with one attached hydrogen (secondary N) is 1. The Bertz CT molecular complexity index is 538. The summed E-state index contributed by atoms with van der Waals surface area (Å²) in [6.07, 6.45) is 3.43. The number of benzene rings is 1. The highest BCUT2D eigenvalue weighted by atomic mass is 16.5. The fraction of sp³-hybridized carbons (Fsp3) is 0.200.